The molecule has 1 aromatic rings. The van der Waals surface area contributed by atoms with E-state index in [1.54, 1.807) is 24.3 Å². The third-order valence-corrected chi connectivity index (χ3v) is 6.91. The third-order valence-electron chi connectivity index (χ3n) is 4.83. The molecule has 5 nitrogen and oxygen atoms in total. The van der Waals surface area contributed by atoms with Crippen molar-refractivity contribution in [3.05, 3.63) is 34.9 Å². The number of nitrogens with zero attached hydrogens (tertiary/aromatic N) is 1. The lowest BCUT2D eigenvalue weighted by atomic mass is 9.96. The molecule has 1 aliphatic heterocycles. The molecule has 7 heteroatoms. The van der Waals surface area contributed by atoms with Crippen molar-refractivity contribution in [1.82, 2.24) is 9.62 Å². The molecule has 0 radical (unpaired) electrons. The number of amides is 1. The fourth-order valence-corrected chi connectivity index (χ4v) is 4.60. The van der Waals surface area contributed by atoms with Crippen molar-refractivity contribution in [1.29, 1.82) is 0 Å². The third kappa shape index (κ3) is 5.69. The van der Waals surface area contributed by atoms with Crippen molar-refractivity contribution in [3.63, 3.8) is 0 Å². The van der Waals surface area contributed by atoms with Gasteiger partial charge in [0.05, 0.1) is 5.75 Å². The van der Waals surface area contributed by atoms with E-state index in [1.807, 2.05) is 6.92 Å². The smallest absolute Gasteiger partial charge is 0.223 e. The summed E-state index contributed by atoms with van der Waals surface area (Å²) >= 11 is 5.92. The number of hydrogen-bond donors (Lipinski definition) is 1. The number of hydrogen-bond acceptors (Lipinski definition) is 3. The zero-order chi connectivity index (χ0) is 18.6. The fourth-order valence-electron chi connectivity index (χ4n) is 2.83. The Kier molecular flexibility index (Phi) is 6.88. The van der Waals surface area contributed by atoms with Gasteiger partial charge in [-0.05, 0) is 43.4 Å². The van der Waals surface area contributed by atoms with Gasteiger partial charge in [0.15, 0.2) is 0 Å². The van der Waals surface area contributed by atoms with Gasteiger partial charge in [-0.1, -0.05) is 37.6 Å². The number of nitrogens with one attached hydrogen (secondary N) is 1. The second-order valence-corrected chi connectivity index (χ2v) is 9.51. The average Bonchev–Trinajstić information content (AvgIpc) is 2.54. The van der Waals surface area contributed by atoms with Gasteiger partial charge in [0.2, 0.25) is 15.9 Å². The predicted molar refractivity (Wildman–Crippen MR) is 101 cm³/mol. The molecular formula is C18H27ClN2O3S. The molecular weight excluding hydrogens is 360 g/mol. The number of carbonyl (C=O) groups excluding carboxylic acids is 1. The van der Waals surface area contributed by atoms with Crippen LogP contribution in [0.1, 0.15) is 39.2 Å². The van der Waals surface area contributed by atoms with E-state index in [1.165, 1.54) is 4.31 Å². The van der Waals surface area contributed by atoms with Crippen LogP contribution in [-0.2, 0) is 20.6 Å². The highest BCUT2D eigenvalue weighted by Crippen LogP contribution is 2.23. The predicted octanol–water partition coefficient (Wildman–Crippen LogP) is 3.04. The number of halogens is 1. The number of sulfonamides is 1. The van der Waals surface area contributed by atoms with Crippen molar-refractivity contribution in [3.8, 4) is 0 Å². The van der Waals surface area contributed by atoms with Crippen LogP contribution in [0.5, 0.6) is 0 Å². The first-order valence-electron chi connectivity index (χ1n) is 8.71. The standard InChI is InChI=1S/C18H27ClN2O3S/c1-13(2)14(3)20-18(22)16-7-9-21(10-8-16)25(23,24)12-15-5-4-6-17(19)11-15/h4-6,11,13-14,16H,7-10,12H2,1-3H3,(H,20,22). The van der Waals surface area contributed by atoms with E-state index in [9.17, 15) is 13.2 Å². The molecule has 1 aliphatic rings. The molecule has 1 heterocycles. The van der Waals surface area contributed by atoms with Crippen LogP contribution in [-0.4, -0.2) is 37.8 Å². The number of carbonyl (C=O) groups is 1. The second kappa shape index (κ2) is 8.52. The summed E-state index contributed by atoms with van der Waals surface area (Å²) in [6, 6.07) is 7.03. The van der Waals surface area contributed by atoms with E-state index >= 15 is 0 Å². The van der Waals surface area contributed by atoms with Crippen LogP contribution in [0.15, 0.2) is 24.3 Å². The summed E-state index contributed by atoms with van der Waals surface area (Å²) in [5, 5.41) is 3.56. The Bertz CT molecular complexity index is 698. The summed E-state index contributed by atoms with van der Waals surface area (Å²) in [6.07, 6.45) is 1.12. The molecule has 1 unspecified atom stereocenters. The van der Waals surface area contributed by atoms with Gasteiger partial charge >= 0.3 is 0 Å². The second-order valence-electron chi connectivity index (χ2n) is 7.10. The Balaban J connectivity index is 1.91. The lowest BCUT2D eigenvalue weighted by Crippen LogP contribution is -2.46. The highest BCUT2D eigenvalue weighted by atomic mass is 35.5. The summed E-state index contributed by atoms with van der Waals surface area (Å²) in [4.78, 5) is 12.3. The summed E-state index contributed by atoms with van der Waals surface area (Å²) in [6.45, 7) is 6.90. The molecule has 1 atom stereocenters. The highest BCUT2D eigenvalue weighted by molar-refractivity contribution is 7.88. The Morgan fingerprint density at radius 1 is 1.28 bits per heavy atom. The molecule has 1 aromatic carbocycles. The molecule has 1 amide bonds. The lowest BCUT2D eigenvalue weighted by Gasteiger charge is -2.31. The normalized spacial score (nSPS) is 18.3. The summed E-state index contributed by atoms with van der Waals surface area (Å²) in [5.41, 5.74) is 0.679. The molecule has 0 spiro atoms. The van der Waals surface area contributed by atoms with Gasteiger partial charge in [0, 0.05) is 30.1 Å². The molecule has 0 aromatic heterocycles. The average molecular weight is 387 g/mol. The fraction of sp³-hybridized carbons (Fsp3) is 0.611. The molecule has 1 fully saturated rings. The first-order valence-corrected chi connectivity index (χ1v) is 10.7. The minimum Gasteiger partial charge on any atom is -0.353 e. The largest absolute Gasteiger partial charge is 0.353 e. The lowest BCUT2D eigenvalue weighted by molar-refractivity contribution is -0.127. The zero-order valence-corrected chi connectivity index (χ0v) is 16.6. The van der Waals surface area contributed by atoms with Crippen molar-refractivity contribution in [2.75, 3.05) is 13.1 Å². The van der Waals surface area contributed by atoms with Gasteiger partial charge in [0.1, 0.15) is 0 Å². The van der Waals surface area contributed by atoms with Gasteiger partial charge in [-0.25, -0.2) is 12.7 Å². The summed E-state index contributed by atoms with van der Waals surface area (Å²) < 4.78 is 26.7. The number of benzene rings is 1. The Labute approximate surface area is 155 Å². The molecule has 0 saturated carbocycles. The monoisotopic (exact) mass is 386 g/mol. The number of rotatable bonds is 6. The maximum Gasteiger partial charge on any atom is 0.223 e. The first-order chi connectivity index (χ1) is 11.7. The van der Waals surface area contributed by atoms with E-state index in [-0.39, 0.29) is 23.6 Å². The van der Waals surface area contributed by atoms with Crippen LogP contribution in [0.2, 0.25) is 5.02 Å². The van der Waals surface area contributed by atoms with Gasteiger partial charge in [-0.3, -0.25) is 4.79 Å². The van der Waals surface area contributed by atoms with Crippen molar-refractivity contribution < 1.29 is 13.2 Å². The maximum absolute atomic E-state index is 12.6. The van der Waals surface area contributed by atoms with E-state index in [0.29, 0.717) is 42.4 Å². The van der Waals surface area contributed by atoms with Crippen LogP contribution < -0.4 is 5.32 Å². The number of piperidine rings is 1. The highest BCUT2D eigenvalue weighted by Gasteiger charge is 2.31. The van der Waals surface area contributed by atoms with Crippen molar-refractivity contribution in [2.24, 2.45) is 11.8 Å². The maximum atomic E-state index is 12.6. The van der Waals surface area contributed by atoms with Gasteiger partial charge < -0.3 is 5.32 Å². The topological polar surface area (TPSA) is 66.5 Å². The van der Waals surface area contributed by atoms with Crippen molar-refractivity contribution >= 4 is 27.5 Å². The minimum absolute atomic E-state index is 0.0353. The minimum atomic E-state index is -3.40. The zero-order valence-electron chi connectivity index (χ0n) is 15.0. The quantitative estimate of drug-likeness (QED) is 0.817. The van der Waals surface area contributed by atoms with Gasteiger partial charge in [-0.2, -0.15) is 0 Å². The van der Waals surface area contributed by atoms with Gasteiger partial charge in [0.25, 0.3) is 0 Å². The van der Waals surface area contributed by atoms with Crippen LogP contribution in [0.3, 0.4) is 0 Å². The molecule has 0 aliphatic carbocycles. The Morgan fingerprint density at radius 3 is 2.48 bits per heavy atom. The molecule has 0 bridgehead atoms. The van der Waals surface area contributed by atoms with Crippen molar-refractivity contribution in [2.45, 2.75) is 45.4 Å². The summed E-state index contributed by atoms with van der Waals surface area (Å²) in [7, 11) is -3.40. The molecule has 1 N–H and O–H groups in total. The van der Waals surface area contributed by atoms with E-state index < -0.39 is 10.0 Å². The summed E-state index contributed by atoms with van der Waals surface area (Å²) in [5.74, 6) is 0.239. The van der Waals surface area contributed by atoms with E-state index in [0.717, 1.165) is 0 Å². The van der Waals surface area contributed by atoms with Crippen LogP contribution in [0.4, 0.5) is 0 Å². The molecule has 140 valence electrons. The van der Waals surface area contributed by atoms with E-state index in [4.69, 9.17) is 11.6 Å². The first kappa shape index (κ1) is 20.2. The van der Waals surface area contributed by atoms with Crippen LogP contribution in [0.25, 0.3) is 0 Å². The van der Waals surface area contributed by atoms with Crippen LogP contribution in [0, 0.1) is 11.8 Å². The van der Waals surface area contributed by atoms with E-state index in [2.05, 4.69) is 19.2 Å². The molecule has 2 rings (SSSR count). The Morgan fingerprint density at radius 2 is 1.92 bits per heavy atom. The van der Waals surface area contributed by atoms with Gasteiger partial charge in [-0.15, -0.1) is 0 Å². The Hall–Kier alpha value is -1.11. The van der Waals surface area contributed by atoms with Crippen LogP contribution >= 0.6 is 11.6 Å². The molecule has 1 saturated heterocycles. The SMILES string of the molecule is CC(C)C(C)NC(=O)C1CCN(S(=O)(=O)Cc2cccc(Cl)c2)CC1. The molecule has 25 heavy (non-hydrogen) atoms.